The third kappa shape index (κ3) is 2.10. The summed E-state index contributed by atoms with van der Waals surface area (Å²) < 4.78 is 0.708. The molecule has 3 N–H and O–H groups in total. The Morgan fingerprint density at radius 1 is 1.90 bits per heavy atom. The highest BCUT2D eigenvalue weighted by molar-refractivity contribution is 14.1. The summed E-state index contributed by atoms with van der Waals surface area (Å²) in [6.45, 7) is 2.22. The molecule has 1 atom stereocenters. The van der Waals surface area contributed by atoms with E-state index >= 15 is 0 Å². The number of hydrazine groups is 1. The Kier molecular flexibility index (Phi) is 2.94. The van der Waals surface area contributed by atoms with Gasteiger partial charge < -0.3 is 0 Å². The lowest BCUT2D eigenvalue weighted by atomic mass is 10.3. The lowest BCUT2D eigenvalue weighted by molar-refractivity contribution is -0.660. The fraction of sp³-hybridized carbons (Fsp3) is 0.667. The van der Waals surface area contributed by atoms with Gasteiger partial charge in [-0.2, -0.15) is 0 Å². The van der Waals surface area contributed by atoms with Crippen molar-refractivity contribution < 1.29 is 5.43 Å². The Labute approximate surface area is 74.9 Å². The highest BCUT2D eigenvalue weighted by Gasteiger charge is 2.14. The summed E-state index contributed by atoms with van der Waals surface area (Å²) in [6.07, 6.45) is 3.26. The number of nitrogens with zero attached hydrogens (tertiary/aromatic N) is 1. The predicted octanol–water partition coefficient (Wildman–Crippen LogP) is -0.0302. The van der Waals surface area contributed by atoms with Crippen molar-refractivity contribution in [3.63, 3.8) is 0 Å². The lowest BCUT2D eigenvalue weighted by Crippen LogP contribution is -2.87. The number of nitrogens with two attached hydrogens (primary N) is 1. The van der Waals surface area contributed by atoms with Gasteiger partial charge in [0.25, 0.3) is 0 Å². The van der Waals surface area contributed by atoms with Crippen LogP contribution in [-0.2, 0) is 0 Å². The molecule has 58 valence electrons. The largest absolute Gasteiger partial charge is 0.267 e. The molecule has 0 aliphatic carbocycles. The van der Waals surface area contributed by atoms with E-state index in [9.17, 15) is 0 Å². The summed E-state index contributed by atoms with van der Waals surface area (Å²) in [4.78, 5) is 0. The summed E-state index contributed by atoms with van der Waals surface area (Å²) in [7, 11) is 2.04. The molecule has 0 radical (unpaired) electrons. The average molecular weight is 254 g/mol. The molecular weight excluding hydrogens is 241 g/mol. The lowest BCUT2D eigenvalue weighted by Gasteiger charge is -2.12. The first kappa shape index (κ1) is 8.29. The van der Waals surface area contributed by atoms with Crippen LogP contribution in [-0.4, -0.2) is 16.0 Å². The van der Waals surface area contributed by atoms with Gasteiger partial charge >= 0.3 is 0 Å². The van der Waals surface area contributed by atoms with Crippen molar-refractivity contribution in [1.29, 1.82) is 0 Å². The van der Waals surface area contributed by atoms with E-state index < -0.39 is 0 Å². The maximum atomic E-state index is 3.09. The van der Waals surface area contributed by atoms with E-state index in [4.69, 9.17) is 0 Å². The number of alkyl halides is 1. The van der Waals surface area contributed by atoms with Crippen LogP contribution in [0.15, 0.2) is 11.9 Å². The van der Waals surface area contributed by atoms with Crippen molar-refractivity contribution in [3.05, 3.63) is 11.9 Å². The van der Waals surface area contributed by atoms with Gasteiger partial charge in [-0.15, -0.1) is 0 Å². The van der Waals surface area contributed by atoms with E-state index in [-0.39, 0.29) is 0 Å². The minimum atomic E-state index is 0.708. The van der Waals surface area contributed by atoms with E-state index in [1.54, 1.807) is 0 Å². The second-order valence-corrected chi connectivity index (χ2v) is 4.62. The predicted molar refractivity (Wildman–Crippen MR) is 49.0 cm³/mol. The van der Waals surface area contributed by atoms with Crippen LogP contribution in [0.5, 0.6) is 0 Å². The van der Waals surface area contributed by atoms with Crippen LogP contribution in [0.25, 0.3) is 0 Å². The van der Waals surface area contributed by atoms with Gasteiger partial charge in [-0.05, 0) is 0 Å². The topological polar surface area (TPSA) is 31.9 Å². The quantitative estimate of drug-likeness (QED) is 0.412. The van der Waals surface area contributed by atoms with Crippen LogP contribution >= 0.6 is 22.6 Å². The van der Waals surface area contributed by atoms with Crippen LogP contribution in [0.4, 0.5) is 0 Å². The van der Waals surface area contributed by atoms with Crippen molar-refractivity contribution in [2.45, 2.75) is 17.3 Å². The fourth-order valence-electron chi connectivity index (χ4n) is 0.933. The molecule has 0 aromatic carbocycles. The summed E-state index contributed by atoms with van der Waals surface area (Å²) in [6, 6.07) is 0. The maximum absolute atomic E-state index is 3.09. The first-order chi connectivity index (χ1) is 4.70. The van der Waals surface area contributed by atoms with E-state index in [2.05, 4.69) is 46.3 Å². The number of allylic oxidation sites excluding steroid dienone is 1. The molecule has 0 bridgehead atoms. The molecule has 4 heteroatoms. The Bertz CT molecular complexity index is 144. The molecule has 1 heterocycles. The molecule has 0 saturated carbocycles. The Morgan fingerprint density at radius 2 is 2.60 bits per heavy atom. The van der Waals surface area contributed by atoms with Crippen molar-refractivity contribution in [3.8, 4) is 0 Å². The van der Waals surface area contributed by atoms with Crippen LogP contribution in [0.2, 0.25) is 0 Å². The number of hydrogen-bond acceptors (Lipinski definition) is 2. The van der Waals surface area contributed by atoms with Crippen molar-refractivity contribution in [2.24, 2.45) is 0 Å². The maximum Gasteiger partial charge on any atom is 0.134 e. The zero-order valence-electron chi connectivity index (χ0n) is 6.26. The van der Waals surface area contributed by atoms with E-state index in [0.717, 1.165) is 6.42 Å². The van der Waals surface area contributed by atoms with E-state index in [1.807, 2.05) is 12.5 Å². The zero-order valence-corrected chi connectivity index (χ0v) is 8.42. The Morgan fingerprint density at radius 3 is 3.00 bits per heavy atom. The molecule has 0 aromatic rings. The van der Waals surface area contributed by atoms with Gasteiger partial charge in [0.05, 0.1) is 5.70 Å². The minimum absolute atomic E-state index is 0.708. The summed E-state index contributed by atoms with van der Waals surface area (Å²) in [5, 5.41) is 2.05. The van der Waals surface area contributed by atoms with Gasteiger partial charge in [0, 0.05) is 17.4 Å². The Balaban J connectivity index is 2.40. The average Bonchev–Trinajstić information content (AvgIpc) is 2.15. The monoisotopic (exact) mass is 254 g/mol. The second kappa shape index (κ2) is 3.54. The summed E-state index contributed by atoms with van der Waals surface area (Å²) in [5.74, 6) is 0. The fourth-order valence-corrected chi connectivity index (χ4v) is 1.38. The first-order valence-electron chi connectivity index (χ1n) is 3.36. The minimum Gasteiger partial charge on any atom is -0.267 e. The standard InChI is InChI=1S/C6H12IN3/c1-5(7)3-6-4-8-9-10(6)2/h4-5,8-9H,3H2,1-2H3/p+1. The zero-order chi connectivity index (χ0) is 7.56. The smallest absolute Gasteiger partial charge is 0.134 e. The molecule has 0 saturated heterocycles. The third-order valence-corrected chi connectivity index (χ3v) is 1.91. The van der Waals surface area contributed by atoms with Gasteiger partial charge in [0.15, 0.2) is 0 Å². The van der Waals surface area contributed by atoms with Gasteiger partial charge in [0.2, 0.25) is 0 Å². The molecule has 1 aliphatic rings. The molecule has 0 amide bonds. The first-order valence-corrected chi connectivity index (χ1v) is 4.61. The molecule has 0 fully saturated rings. The van der Waals surface area contributed by atoms with Crippen LogP contribution in [0, 0.1) is 0 Å². The normalized spacial score (nSPS) is 21.1. The number of rotatable bonds is 2. The molecule has 10 heavy (non-hydrogen) atoms. The van der Waals surface area contributed by atoms with Crippen LogP contribution in [0.3, 0.4) is 0 Å². The van der Waals surface area contributed by atoms with Gasteiger partial charge in [-0.3, -0.25) is 5.01 Å². The highest BCUT2D eigenvalue weighted by Crippen LogP contribution is 2.13. The van der Waals surface area contributed by atoms with E-state index in [1.165, 1.54) is 5.70 Å². The van der Waals surface area contributed by atoms with Crippen molar-refractivity contribution in [2.75, 3.05) is 7.05 Å². The van der Waals surface area contributed by atoms with Crippen LogP contribution in [0.1, 0.15) is 13.3 Å². The van der Waals surface area contributed by atoms with Crippen molar-refractivity contribution in [1.82, 2.24) is 10.5 Å². The molecule has 1 unspecified atom stereocenters. The molecule has 0 spiro atoms. The second-order valence-electron chi connectivity index (χ2n) is 2.50. The highest BCUT2D eigenvalue weighted by atomic mass is 127. The van der Waals surface area contributed by atoms with Gasteiger partial charge in [0.1, 0.15) is 6.20 Å². The van der Waals surface area contributed by atoms with Gasteiger partial charge in [-0.1, -0.05) is 35.0 Å². The van der Waals surface area contributed by atoms with Gasteiger partial charge in [-0.25, -0.2) is 5.43 Å². The molecule has 3 nitrogen and oxygen atoms in total. The van der Waals surface area contributed by atoms with E-state index in [0.29, 0.717) is 3.92 Å². The molecule has 1 aliphatic heterocycles. The molecule has 1 rings (SSSR count). The summed E-state index contributed by atoms with van der Waals surface area (Å²) in [5.41, 5.74) is 6.42. The Hall–Kier alpha value is 0.190. The number of quaternary nitrogens is 1. The number of halogens is 1. The number of hydrogen-bond donors (Lipinski definition) is 2. The SMILES string of the molecule is CC(I)CC1=C[NH2+]NN1C. The van der Waals surface area contributed by atoms with Crippen LogP contribution < -0.4 is 11.0 Å². The number of nitrogens with one attached hydrogen (secondary N) is 1. The summed E-state index contributed by atoms with van der Waals surface area (Å²) >= 11 is 2.43. The third-order valence-electron chi connectivity index (χ3n) is 1.47. The van der Waals surface area contributed by atoms with Crippen molar-refractivity contribution >= 4 is 22.6 Å². The molecule has 0 aromatic heterocycles. The molecular formula is C6H13IN3+.